The Labute approximate surface area is 123 Å². The number of halogens is 1. The van der Waals surface area contributed by atoms with Crippen LogP contribution in [0.5, 0.6) is 0 Å². The monoisotopic (exact) mass is 372 g/mol. The van der Waals surface area contributed by atoms with Gasteiger partial charge in [-0.3, -0.25) is 9.38 Å². The van der Waals surface area contributed by atoms with Crippen molar-refractivity contribution in [2.45, 2.75) is 18.8 Å². The molecule has 1 saturated heterocycles. The molecule has 0 radical (unpaired) electrons. The van der Waals surface area contributed by atoms with Gasteiger partial charge in [-0.2, -0.15) is 0 Å². The molecule has 2 aromatic rings. The van der Waals surface area contributed by atoms with E-state index in [0.717, 1.165) is 27.9 Å². The van der Waals surface area contributed by atoms with Crippen molar-refractivity contribution < 1.29 is 9.90 Å². The third-order valence-electron chi connectivity index (χ3n) is 3.58. The molecule has 0 atom stereocenters. The molecule has 0 saturated carbocycles. The Kier molecular flexibility index (Phi) is 3.29. The molecular weight excluding hydrogens is 359 g/mol. The highest BCUT2D eigenvalue weighted by atomic mass is 127. The molecule has 1 amide bonds. The number of imidazole rings is 1. The van der Waals surface area contributed by atoms with Crippen molar-refractivity contribution in [3.05, 3.63) is 28.1 Å². The number of rotatable bonds is 1. The van der Waals surface area contributed by atoms with Crippen molar-refractivity contribution in [2.24, 2.45) is 0 Å². The van der Waals surface area contributed by atoms with Crippen LogP contribution in [0.15, 0.2) is 18.6 Å². The van der Waals surface area contributed by atoms with Gasteiger partial charge in [0.15, 0.2) is 3.83 Å². The Bertz CT molecular complexity index is 619. The van der Waals surface area contributed by atoms with Gasteiger partial charge < -0.3 is 10.0 Å². The van der Waals surface area contributed by atoms with Crippen LogP contribution in [0.2, 0.25) is 0 Å². The van der Waals surface area contributed by atoms with Gasteiger partial charge >= 0.3 is 6.09 Å². The topological polar surface area (TPSA) is 70.7 Å². The zero-order valence-electron chi connectivity index (χ0n) is 10.2. The quantitative estimate of drug-likeness (QED) is 0.780. The average molecular weight is 372 g/mol. The van der Waals surface area contributed by atoms with Crippen LogP contribution in [-0.2, 0) is 0 Å². The molecule has 3 heterocycles. The number of carbonyl (C=O) groups is 1. The number of carboxylic acid groups (broad SMARTS) is 1. The first-order valence-corrected chi connectivity index (χ1v) is 7.20. The summed E-state index contributed by atoms with van der Waals surface area (Å²) in [6.07, 6.45) is 6.29. The first kappa shape index (κ1) is 12.6. The van der Waals surface area contributed by atoms with E-state index >= 15 is 0 Å². The molecule has 6 nitrogen and oxygen atoms in total. The number of fused-ring (bicyclic) bond motifs is 1. The summed E-state index contributed by atoms with van der Waals surface area (Å²) >= 11 is 2.21. The highest BCUT2D eigenvalue weighted by Gasteiger charge is 2.26. The first-order valence-electron chi connectivity index (χ1n) is 6.12. The minimum absolute atomic E-state index is 0.318. The molecular formula is C12H13IN4O2. The van der Waals surface area contributed by atoms with E-state index in [9.17, 15) is 4.79 Å². The Morgan fingerprint density at radius 2 is 2.16 bits per heavy atom. The second kappa shape index (κ2) is 4.95. The maximum absolute atomic E-state index is 10.9. The predicted molar refractivity (Wildman–Crippen MR) is 77.3 cm³/mol. The Morgan fingerprint density at radius 3 is 2.84 bits per heavy atom. The van der Waals surface area contributed by atoms with Gasteiger partial charge in [0.05, 0.1) is 17.4 Å². The first-order chi connectivity index (χ1) is 9.16. The van der Waals surface area contributed by atoms with Crippen LogP contribution in [0.4, 0.5) is 4.79 Å². The molecule has 100 valence electrons. The lowest BCUT2D eigenvalue weighted by Crippen LogP contribution is -2.36. The van der Waals surface area contributed by atoms with Gasteiger partial charge in [-0.25, -0.2) is 9.78 Å². The molecule has 0 unspecified atom stereocenters. The van der Waals surface area contributed by atoms with Gasteiger partial charge in [-0.1, -0.05) is 0 Å². The van der Waals surface area contributed by atoms with E-state index in [1.165, 1.54) is 4.90 Å². The minimum Gasteiger partial charge on any atom is -0.465 e. The number of aromatic nitrogens is 3. The van der Waals surface area contributed by atoms with Crippen LogP contribution in [-0.4, -0.2) is 43.6 Å². The van der Waals surface area contributed by atoms with Crippen LogP contribution < -0.4 is 0 Å². The SMILES string of the molecule is O=C(O)N1CCC(c2nc(I)n3ccncc23)CC1. The Morgan fingerprint density at radius 1 is 1.42 bits per heavy atom. The van der Waals surface area contributed by atoms with Crippen LogP contribution in [0, 0.1) is 3.83 Å². The molecule has 0 aliphatic carbocycles. The Hall–Kier alpha value is -1.38. The number of hydrogen-bond acceptors (Lipinski definition) is 3. The summed E-state index contributed by atoms with van der Waals surface area (Å²) in [7, 11) is 0. The molecule has 19 heavy (non-hydrogen) atoms. The van der Waals surface area contributed by atoms with E-state index < -0.39 is 6.09 Å². The minimum atomic E-state index is -0.829. The molecule has 1 fully saturated rings. The van der Waals surface area contributed by atoms with Crippen LogP contribution in [0.25, 0.3) is 5.52 Å². The molecule has 2 aromatic heterocycles. The molecule has 1 aliphatic rings. The molecule has 1 N–H and O–H groups in total. The number of nitrogens with zero attached hydrogens (tertiary/aromatic N) is 4. The number of piperidine rings is 1. The van der Waals surface area contributed by atoms with Gasteiger partial charge in [-0.05, 0) is 12.8 Å². The van der Waals surface area contributed by atoms with Gasteiger partial charge in [0.2, 0.25) is 0 Å². The third kappa shape index (κ3) is 2.26. The second-order valence-electron chi connectivity index (χ2n) is 4.64. The van der Waals surface area contributed by atoms with Crippen molar-refractivity contribution in [1.29, 1.82) is 0 Å². The van der Waals surface area contributed by atoms with Gasteiger partial charge in [0, 0.05) is 54.0 Å². The van der Waals surface area contributed by atoms with E-state index in [2.05, 4.69) is 32.6 Å². The summed E-state index contributed by atoms with van der Waals surface area (Å²) in [6.45, 7) is 1.16. The zero-order valence-corrected chi connectivity index (χ0v) is 12.3. The maximum Gasteiger partial charge on any atom is 0.407 e. The third-order valence-corrected chi connectivity index (χ3v) is 4.35. The van der Waals surface area contributed by atoms with Gasteiger partial charge in [-0.15, -0.1) is 0 Å². The number of hydrogen-bond donors (Lipinski definition) is 1. The lowest BCUT2D eigenvalue weighted by Gasteiger charge is -2.29. The Balaban J connectivity index is 1.88. The van der Waals surface area contributed by atoms with Crippen molar-refractivity contribution in [3.63, 3.8) is 0 Å². The molecule has 7 heteroatoms. The fourth-order valence-corrected chi connectivity index (χ4v) is 3.25. The smallest absolute Gasteiger partial charge is 0.407 e. The van der Waals surface area contributed by atoms with E-state index in [4.69, 9.17) is 5.11 Å². The van der Waals surface area contributed by atoms with Gasteiger partial charge in [0.25, 0.3) is 0 Å². The summed E-state index contributed by atoms with van der Waals surface area (Å²) in [4.78, 5) is 21.2. The van der Waals surface area contributed by atoms with Crippen LogP contribution in [0.3, 0.4) is 0 Å². The summed E-state index contributed by atoms with van der Waals surface area (Å²) in [5.74, 6) is 0.318. The number of amides is 1. The molecule has 0 aromatic carbocycles. The lowest BCUT2D eigenvalue weighted by atomic mass is 9.93. The van der Waals surface area contributed by atoms with Crippen LogP contribution >= 0.6 is 22.6 Å². The number of likely N-dealkylation sites (tertiary alicyclic amines) is 1. The van der Waals surface area contributed by atoms with Crippen molar-refractivity contribution in [3.8, 4) is 0 Å². The van der Waals surface area contributed by atoms with E-state index in [-0.39, 0.29) is 0 Å². The molecule has 3 rings (SSSR count). The lowest BCUT2D eigenvalue weighted by molar-refractivity contribution is 0.132. The van der Waals surface area contributed by atoms with Crippen molar-refractivity contribution >= 4 is 34.2 Å². The molecule has 0 spiro atoms. The summed E-state index contributed by atoms with van der Waals surface area (Å²) in [5, 5.41) is 8.97. The summed E-state index contributed by atoms with van der Waals surface area (Å²) in [6, 6.07) is 0. The largest absolute Gasteiger partial charge is 0.465 e. The average Bonchev–Trinajstić information content (AvgIpc) is 2.77. The van der Waals surface area contributed by atoms with E-state index in [1.54, 1.807) is 6.20 Å². The second-order valence-corrected chi connectivity index (χ2v) is 5.61. The summed E-state index contributed by atoms with van der Waals surface area (Å²) in [5.41, 5.74) is 2.07. The zero-order chi connectivity index (χ0) is 13.4. The van der Waals surface area contributed by atoms with E-state index in [1.807, 2.05) is 16.8 Å². The van der Waals surface area contributed by atoms with Crippen molar-refractivity contribution in [2.75, 3.05) is 13.1 Å². The summed E-state index contributed by atoms with van der Waals surface area (Å²) < 4.78 is 2.94. The predicted octanol–water partition coefficient (Wildman–Crippen LogP) is 2.19. The highest BCUT2D eigenvalue weighted by molar-refractivity contribution is 14.1. The molecule has 1 aliphatic heterocycles. The molecule has 0 bridgehead atoms. The fraction of sp³-hybridized carbons (Fsp3) is 0.417. The normalized spacial score (nSPS) is 17.0. The standard InChI is InChI=1S/C12H13IN4O2/c13-11-15-10(9-7-14-3-6-17(9)11)8-1-4-16(5-2-8)12(18)19/h3,6-8H,1-2,4-5H2,(H,18,19). The van der Waals surface area contributed by atoms with Gasteiger partial charge in [0.1, 0.15) is 0 Å². The van der Waals surface area contributed by atoms with Crippen LogP contribution in [0.1, 0.15) is 24.5 Å². The maximum atomic E-state index is 10.9. The highest BCUT2D eigenvalue weighted by Crippen LogP contribution is 2.30. The van der Waals surface area contributed by atoms with E-state index in [0.29, 0.717) is 19.0 Å². The van der Waals surface area contributed by atoms with Crippen molar-refractivity contribution in [1.82, 2.24) is 19.3 Å². The fourth-order valence-electron chi connectivity index (χ4n) is 2.57.